The van der Waals surface area contributed by atoms with Gasteiger partial charge in [0.2, 0.25) is 0 Å². The summed E-state index contributed by atoms with van der Waals surface area (Å²) in [5, 5.41) is 3.54. The van der Waals surface area contributed by atoms with Crippen molar-refractivity contribution in [2.24, 2.45) is 0 Å². The number of para-hydroxylation sites is 1. The second-order valence-electron chi connectivity index (χ2n) is 4.61. The Bertz CT molecular complexity index is 341. The first-order chi connectivity index (χ1) is 8.72. The van der Waals surface area contributed by atoms with Crippen molar-refractivity contribution < 1.29 is 4.74 Å². The SMILES string of the molecule is CCCN(C)CC(NCC)c1ccccc1OC. The van der Waals surface area contributed by atoms with E-state index in [1.165, 1.54) is 12.0 Å². The van der Waals surface area contributed by atoms with Gasteiger partial charge in [0.15, 0.2) is 0 Å². The fourth-order valence-corrected chi connectivity index (χ4v) is 2.26. The number of methoxy groups -OCH3 is 1. The average Bonchev–Trinajstić information content (AvgIpc) is 2.38. The lowest BCUT2D eigenvalue weighted by Crippen LogP contribution is -2.33. The highest BCUT2D eigenvalue weighted by atomic mass is 16.5. The molecule has 1 atom stereocenters. The Morgan fingerprint density at radius 3 is 2.61 bits per heavy atom. The highest BCUT2D eigenvalue weighted by Gasteiger charge is 2.16. The van der Waals surface area contributed by atoms with Gasteiger partial charge < -0.3 is 15.0 Å². The lowest BCUT2D eigenvalue weighted by atomic mass is 10.0. The van der Waals surface area contributed by atoms with Crippen LogP contribution in [0, 0.1) is 0 Å². The van der Waals surface area contributed by atoms with Crippen molar-refractivity contribution in [2.45, 2.75) is 26.3 Å². The molecule has 0 saturated carbocycles. The van der Waals surface area contributed by atoms with Crippen LogP contribution in [0.4, 0.5) is 0 Å². The topological polar surface area (TPSA) is 24.5 Å². The van der Waals surface area contributed by atoms with Crippen molar-refractivity contribution >= 4 is 0 Å². The summed E-state index contributed by atoms with van der Waals surface area (Å²) in [5.41, 5.74) is 1.24. The first-order valence-electron chi connectivity index (χ1n) is 6.77. The maximum Gasteiger partial charge on any atom is 0.123 e. The molecule has 1 aromatic carbocycles. The van der Waals surface area contributed by atoms with Gasteiger partial charge in [-0.25, -0.2) is 0 Å². The Kier molecular flexibility index (Phi) is 6.76. The molecule has 0 amide bonds. The minimum atomic E-state index is 0.322. The van der Waals surface area contributed by atoms with Gasteiger partial charge in [0.25, 0.3) is 0 Å². The molecule has 3 nitrogen and oxygen atoms in total. The van der Waals surface area contributed by atoms with Crippen molar-refractivity contribution in [2.75, 3.05) is 33.8 Å². The summed E-state index contributed by atoms with van der Waals surface area (Å²) in [6.45, 7) is 7.44. The van der Waals surface area contributed by atoms with E-state index >= 15 is 0 Å². The first kappa shape index (κ1) is 15.0. The van der Waals surface area contributed by atoms with Crippen LogP contribution in [-0.2, 0) is 0 Å². The standard InChI is InChI=1S/C15H26N2O/c1-5-11-17(3)12-14(16-6-2)13-9-7-8-10-15(13)18-4/h7-10,14,16H,5-6,11-12H2,1-4H3. The van der Waals surface area contributed by atoms with Gasteiger partial charge in [-0.05, 0) is 32.6 Å². The zero-order valence-electron chi connectivity index (χ0n) is 12.1. The highest BCUT2D eigenvalue weighted by Crippen LogP contribution is 2.25. The summed E-state index contributed by atoms with van der Waals surface area (Å²) in [6.07, 6.45) is 1.18. The lowest BCUT2D eigenvalue weighted by Gasteiger charge is -2.26. The van der Waals surface area contributed by atoms with E-state index in [-0.39, 0.29) is 0 Å². The summed E-state index contributed by atoms with van der Waals surface area (Å²) in [7, 11) is 3.90. The largest absolute Gasteiger partial charge is 0.496 e. The smallest absolute Gasteiger partial charge is 0.123 e. The zero-order valence-corrected chi connectivity index (χ0v) is 12.1. The van der Waals surface area contributed by atoms with Gasteiger partial charge in [-0.3, -0.25) is 0 Å². The number of likely N-dealkylation sites (N-methyl/N-ethyl adjacent to an activating group) is 2. The summed E-state index contributed by atoms with van der Waals surface area (Å²) >= 11 is 0. The average molecular weight is 250 g/mol. The molecule has 102 valence electrons. The van der Waals surface area contributed by atoms with Crippen LogP contribution < -0.4 is 10.1 Å². The summed E-state index contributed by atoms with van der Waals surface area (Å²) in [4.78, 5) is 2.36. The third kappa shape index (κ3) is 4.31. The Balaban J connectivity index is 2.82. The molecule has 1 unspecified atom stereocenters. The summed E-state index contributed by atoms with van der Waals surface area (Å²) in [6, 6.07) is 8.58. The van der Waals surface area contributed by atoms with Crippen LogP contribution in [0.3, 0.4) is 0 Å². The Labute approximate surface area is 111 Å². The monoisotopic (exact) mass is 250 g/mol. The predicted octanol–water partition coefficient (Wildman–Crippen LogP) is 2.69. The van der Waals surface area contributed by atoms with E-state index in [2.05, 4.69) is 43.2 Å². The minimum Gasteiger partial charge on any atom is -0.496 e. The van der Waals surface area contributed by atoms with Crippen molar-refractivity contribution in [3.63, 3.8) is 0 Å². The summed E-state index contributed by atoms with van der Waals surface area (Å²) in [5.74, 6) is 0.966. The van der Waals surface area contributed by atoms with Gasteiger partial charge in [-0.15, -0.1) is 0 Å². The van der Waals surface area contributed by atoms with Crippen LogP contribution in [0.15, 0.2) is 24.3 Å². The van der Waals surface area contributed by atoms with Crippen LogP contribution >= 0.6 is 0 Å². The molecule has 0 bridgehead atoms. The van der Waals surface area contributed by atoms with E-state index in [1.807, 2.05) is 12.1 Å². The minimum absolute atomic E-state index is 0.322. The second kappa shape index (κ2) is 8.11. The molecule has 0 saturated heterocycles. The van der Waals surface area contributed by atoms with Gasteiger partial charge >= 0.3 is 0 Å². The fourth-order valence-electron chi connectivity index (χ4n) is 2.26. The van der Waals surface area contributed by atoms with E-state index in [0.717, 1.165) is 25.4 Å². The van der Waals surface area contributed by atoms with E-state index in [1.54, 1.807) is 7.11 Å². The van der Waals surface area contributed by atoms with Crippen molar-refractivity contribution in [3.8, 4) is 5.75 Å². The molecule has 0 aliphatic heterocycles. The maximum atomic E-state index is 5.46. The normalized spacial score (nSPS) is 12.7. The molecule has 1 rings (SSSR count). The van der Waals surface area contributed by atoms with E-state index < -0.39 is 0 Å². The molecular weight excluding hydrogens is 224 g/mol. The molecule has 0 aliphatic carbocycles. The predicted molar refractivity (Wildman–Crippen MR) is 77.2 cm³/mol. The number of ether oxygens (including phenoxy) is 1. The van der Waals surface area contributed by atoms with Gasteiger partial charge in [-0.1, -0.05) is 32.0 Å². The lowest BCUT2D eigenvalue weighted by molar-refractivity contribution is 0.288. The zero-order chi connectivity index (χ0) is 13.4. The molecule has 0 fully saturated rings. The molecule has 0 heterocycles. The number of hydrogen-bond acceptors (Lipinski definition) is 3. The van der Waals surface area contributed by atoms with Crippen LogP contribution in [0.25, 0.3) is 0 Å². The van der Waals surface area contributed by atoms with E-state index in [9.17, 15) is 0 Å². The van der Waals surface area contributed by atoms with Crippen molar-refractivity contribution in [1.82, 2.24) is 10.2 Å². The van der Waals surface area contributed by atoms with Crippen LogP contribution in [0.1, 0.15) is 31.9 Å². The third-order valence-electron chi connectivity index (χ3n) is 3.06. The number of rotatable bonds is 8. The molecule has 3 heteroatoms. The van der Waals surface area contributed by atoms with Crippen LogP contribution in [-0.4, -0.2) is 38.7 Å². The van der Waals surface area contributed by atoms with Crippen LogP contribution in [0.2, 0.25) is 0 Å². The molecule has 18 heavy (non-hydrogen) atoms. The quantitative estimate of drug-likeness (QED) is 0.767. The highest BCUT2D eigenvalue weighted by molar-refractivity contribution is 5.36. The molecule has 0 radical (unpaired) electrons. The Morgan fingerprint density at radius 1 is 1.28 bits per heavy atom. The van der Waals surface area contributed by atoms with Gasteiger partial charge in [0.1, 0.15) is 5.75 Å². The Hall–Kier alpha value is -1.06. The van der Waals surface area contributed by atoms with E-state index in [0.29, 0.717) is 6.04 Å². The van der Waals surface area contributed by atoms with Gasteiger partial charge in [0.05, 0.1) is 7.11 Å². The van der Waals surface area contributed by atoms with Crippen LogP contribution in [0.5, 0.6) is 5.75 Å². The number of nitrogens with one attached hydrogen (secondary N) is 1. The fraction of sp³-hybridized carbons (Fsp3) is 0.600. The number of benzene rings is 1. The first-order valence-corrected chi connectivity index (χ1v) is 6.77. The van der Waals surface area contributed by atoms with Gasteiger partial charge in [-0.2, -0.15) is 0 Å². The third-order valence-corrected chi connectivity index (χ3v) is 3.06. The number of hydrogen-bond donors (Lipinski definition) is 1. The molecule has 0 aromatic heterocycles. The molecule has 1 aromatic rings. The maximum absolute atomic E-state index is 5.46. The number of nitrogens with zero attached hydrogens (tertiary/aromatic N) is 1. The molecule has 1 N–H and O–H groups in total. The van der Waals surface area contributed by atoms with Crippen molar-refractivity contribution in [1.29, 1.82) is 0 Å². The second-order valence-corrected chi connectivity index (χ2v) is 4.61. The summed E-state index contributed by atoms with van der Waals surface area (Å²) < 4.78 is 5.46. The van der Waals surface area contributed by atoms with Crippen molar-refractivity contribution in [3.05, 3.63) is 29.8 Å². The Morgan fingerprint density at radius 2 is 2.00 bits per heavy atom. The molecular formula is C15H26N2O. The molecule has 0 aliphatic rings. The van der Waals surface area contributed by atoms with Gasteiger partial charge in [0, 0.05) is 18.2 Å². The molecule has 0 spiro atoms. The van der Waals surface area contributed by atoms with E-state index in [4.69, 9.17) is 4.74 Å².